The lowest BCUT2D eigenvalue weighted by molar-refractivity contribution is 0.0908. The standard InChI is InChI=1S/C23H32B3F2N3O3/c1-3-17(31-21(32)15-8-9-18(30-12-15)34-23(24,25)26)14-6-4-13(5-7-14)16-10-11-29-22(33-2)19(16)20(27)28/h8-14,17,20H,3-7,24-26H2,1-2H3,(H,31,32)/t13-,14+,17-/m1/s1. The number of carbonyl (C=O) groups excluding carboxylic acids is 1. The number of nitrogens with one attached hydrogen (secondary N) is 1. The van der Waals surface area contributed by atoms with Crippen molar-refractivity contribution in [1.29, 1.82) is 0 Å². The van der Waals surface area contributed by atoms with E-state index in [0.29, 0.717) is 22.9 Å². The first-order valence-electron chi connectivity index (χ1n) is 11.9. The van der Waals surface area contributed by atoms with Gasteiger partial charge in [-0.15, -0.1) is 0 Å². The van der Waals surface area contributed by atoms with E-state index in [-0.39, 0.29) is 34.6 Å². The van der Waals surface area contributed by atoms with Crippen LogP contribution in [0, 0.1) is 5.92 Å². The Balaban J connectivity index is 1.62. The highest BCUT2D eigenvalue weighted by molar-refractivity contribution is 6.58. The van der Waals surface area contributed by atoms with Crippen molar-refractivity contribution in [3.63, 3.8) is 0 Å². The van der Waals surface area contributed by atoms with E-state index in [1.807, 2.05) is 23.5 Å². The Bertz CT molecular complexity index is 966. The summed E-state index contributed by atoms with van der Waals surface area (Å²) in [6, 6.07) is 5.13. The van der Waals surface area contributed by atoms with Gasteiger partial charge in [0, 0.05) is 29.8 Å². The van der Waals surface area contributed by atoms with Crippen LogP contribution in [0.15, 0.2) is 30.6 Å². The summed E-state index contributed by atoms with van der Waals surface area (Å²) in [6.07, 6.45) is 4.50. The molecule has 0 spiro atoms. The highest BCUT2D eigenvalue weighted by Gasteiger charge is 2.32. The van der Waals surface area contributed by atoms with Gasteiger partial charge in [0.1, 0.15) is 23.5 Å². The van der Waals surface area contributed by atoms with Gasteiger partial charge in [0.2, 0.25) is 11.8 Å². The lowest BCUT2D eigenvalue weighted by atomic mass is 9.52. The van der Waals surface area contributed by atoms with Gasteiger partial charge in [-0.1, -0.05) is 6.92 Å². The second-order valence-corrected chi connectivity index (χ2v) is 9.82. The van der Waals surface area contributed by atoms with Crippen LogP contribution in [0.1, 0.15) is 72.9 Å². The minimum absolute atomic E-state index is 0.000787. The van der Waals surface area contributed by atoms with Gasteiger partial charge in [-0.3, -0.25) is 4.79 Å². The van der Waals surface area contributed by atoms with Crippen molar-refractivity contribution in [1.82, 2.24) is 15.3 Å². The molecule has 1 N–H and O–H groups in total. The lowest BCUT2D eigenvalue weighted by Gasteiger charge is -2.34. The zero-order chi connectivity index (χ0) is 24.9. The molecule has 0 saturated heterocycles. The number of rotatable bonds is 9. The molecule has 0 aromatic carbocycles. The maximum atomic E-state index is 13.7. The van der Waals surface area contributed by atoms with Crippen molar-refractivity contribution in [2.75, 3.05) is 7.11 Å². The topological polar surface area (TPSA) is 73.3 Å². The van der Waals surface area contributed by atoms with Crippen LogP contribution in [0.25, 0.3) is 0 Å². The average molecular weight is 469 g/mol. The van der Waals surface area contributed by atoms with Crippen molar-refractivity contribution in [3.05, 3.63) is 47.3 Å². The SMILES string of the molecule is BC(B)(B)Oc1ccc(C(=O)N[C@H](CC)[C@H]2CC[C@@H](c3ccnc(OC)c3C(F)F)CC2)cn1. The molecule has 0 aliphatic heterocycles. The van der Waals surface area contributed by atoms with Crippen molar-refractivity contribution in [2.24, 2.45) is 5.92 Å². The molecule has 3 rings (SSSR count). The second-order valence-electron chi connectivity index (χ2n) is 9.82. The van der Waals surface area contributed by atoms with Crippen LogP contribution in [0.5, 0.6) is 11.8 Å². The van der Waals surface area contributed by atoms with E-state index in [0.717, 1.165) is 32.1 Å². The summed E-state index contributed by atoms with van der Waals surface area (Å²) in [5.74, 6) is 0.638. The molecule has 0 unspecified atom stereocenters. The molecule has 0 radical (unpaired) electrons. The molecule has 1 aliphatic rings. The van der Waals surface area contributed by atoms with Crippen LogP contribution in [-0.2, 0) is 0 Å². The largest absolute Gasteiger partial charge is 0.499 e. The molecule has 34 heavy (non-hydrogen) atoms. The molecule has 1 aliphatic carbocycles. The summed E-state index contributed by atoms with van der Waals surface area (Å²) in [5.41, 5.74) is 1.01. The quantitative estimate of drug-likeness (QED) is 0.568. The number of nitrogens with zero attached hydrogens (tertiary/aromatic N) is 2. The van der Waals surface area contributed by atoms with Crippen LogP contribution < -0.4 is 14.8 Å². The molecular formula is C23H32B3F2N3O3. The number of alkyl halides is 2. The molecule has 1 fully saturated rings. The fourth-order valence-corrected chi connectivity index (χ4v) is 4.73. The monoisotopic (exact) mass is 469 g/mol. The van der Waals surface area contributed by atoms with Crippen LogP contribution in [-0.4, -0.2) is 57.9 Å². The van der Waals surface area contributed by atoms with Crippen molar-refractivity contribution in [3.8, 4) is 11.8 Å². The second kappa shape index (κ2) is 11.2. The highest BCUT2D eigenvalue weighted by Crippen LogP contribution is 2.42. The van der Waals surface area contributed by atoms with Crippen molar-refractivity contribution < 1.29 is 23.0 Å². The van der Waals surface area contributed by atoms with E-state index < -0.39 is 6.43 Å². The molecule has 2 aromatic heterocycles. The van der Waals surface area contributed by atoms with Gasteiger partial charge >= 0.3 is 0 Å². The third kappa shape index (κ3) is 6.51. The van der Waals surface area contributed by atoms with E-state index in [1.54, 1.807) is 18.2 Å². The van der Waals surface area contributed by atoms with Gasteiger partial charge in [-0.25, -0.2) is 18.7 Å². The number of carbonyl (C=O) groups is 1. The Kier molecular flexibility index (Phi) is 8.60. The smallest absolute Gasteiger partial charge is 0.269 e. The Morgan fingerprint density at radius 1 is 1.18 bits per heavy atom. The van der Waals surface area contributed by atoms with Gasteiger partial charge in [0.15, 0.2) is 0 Å². The lowest BCUT2D eigenvalue weighted by Crippen LogP contribution is -2.41. The molecule has 1 saturated carbocycles. The molecular weight excluding hydrogens is 437 g/mol. The summed E-state index contributed by atoms with van der Waals surface area (Å²) in [6.45, 7) is 2.05. The van der Waals surface area contributed by atoms with E-state index in [1.165, 1.54) is 19.5 Å². The summed E-state index contributed by atoms with van der Waals surface area (Å²) in [4.78, 5) is 21.0. The first kappa shape index (κ1) is 26.0. The molecule has 2 heterocycles. The van der Waals surface area contributed by atoms with E-state index in [9.17, 15) is 13.6 Å². The van der Waals surface area contributed by atoms with Crippen molar-refractivity contribution >= 4 is 29.4 Å². The van der Waals surface area contributed by atoms with Gasteiger partial charge in [0.05, 0.1) is 18.2 Å². The van der Waals surface area contributed by atoms with Gasteiger partial charge < -0.3 is 14.8 Å². The minimum atomic E-state index is -2.63. The number of hydrogen-bond acceptors (Lipinski definition) is 5. The Morgan fingerprint density at radius 3 is 2.41 bits per heavy atom. The number of halogens is 2. The minimum Gasteiger partial charge on any atom is -0.499 e. The summed E-state index contributed by atoms with van der Waals surface area (Å²) >= 11 is 0. The molecule has 1 amide bonds. The van der Waals surface area contributed by atoms with E-state index >= 15 is 0 Å². The first-order chi connectivity index (χ1) is 16.1. The molecule has 6 nitrogen and oxygen atoms in total. The van der Waals surface area contributed by atoms with Crippen molar-refractivity contribution in [2.45, 2.75) is 62.7 Å². The normalized spacial score (nSPS) is 19.4. The number of ether oxygens (including phenoxy) is 2. The number of amides is 1. The zero-order valence-electron chi connectivity index (χ0n) is 20.6. The Hall–Kier alpha value is -2.58. The van der Waals surface area contributed by atoms with Crippen LogP contribution in [0.4, 0.5) is 8.78 Å². The fourth-order valence-electron chi connectivity index (χ4n) is 4.73. The number of aromatic nitrogens is 2. The number of hydrogen-bond donors (Lipinski definition) is 1. The summed E-state index contributed by atoms with van der Waals surface area (Å²) in [7, 11) is 7.18. The summed E-state index contributed by atoms with van der Waals surface area (Å²) < 4.78 is 38.2. The van der Waals surface area contributed by atoms with Crippen LogP contribution >= 0.6 is 0 Å². The van der Waals surface area contributed by atoms with E-state index in [2.05, 4.69) is 22.2 Å². The van der Waals surface area contributed by atoms with Gasteiger partial charge in [-0.05, 0) is 61.6 Å². The zero-order valence-corrected chi connectivity index (χ0v) is 20.6. The third-order valence-electron chi connectivity index (χ3n) is 6.35. The Morgan fingerprint density at radius 2 is 1.88 bits per heavy atom. The predicted octanol–water partition coefficient (Wildman–Crippen LogP) is 1.79. The van der Waals surface area contributed by atoms with Crippen LogP contribution in [0.3, 0.4) is 0 Å². The highest BCUT2D eigenvalue weighted by atomic mass is 19.3. The molecule has 180 valence electrons. The Labute approximate surface area is 202 Å². The maximum Gasteiger partial charge on any atom is 0.269 e. The van der Waals surface area contributed by atoms with Crippen LogP contribution in [0.2, 0.25) is 0 Å². The maximum absolute atomic E-state index is 13.7. The molecule has 1 atom stereocenters. The van der Waals surface area contributed by atoms with E-state index in [4.69, 9.17) is 9.47 Å². The fraction of sp³-hybridized carbons (Fsp3) is 0.522. The first-order valence-corrected chi connectivity index (χ1v) is 11.9. The number of methoxy groups -OCH3 is 1. The molecule has 11 heteroatoms. The predicted molar refractivity (Wildman–Crippen MR) is 135 cm³/mol. The number of pyridine rings is 2. The molecule has 0 bridgehead atoms. The average Bonchev–Trinajstić information content (AvgIpc) is 2.81. The van der Waals surface area contributed by atoms with Gasteiger partial charge in [-0.2, -0.15) is 0 Å². The molecule has 2 aromatic rings. The van der Waals surface area contributed by atoms with Gasteiger partial charge in [0.25, 0.3) is 12.3 Å². The summed E-state index contributed by atoms with van der Waals surface area (Å²) in [5, 5.41) is 2.79. The third-order valence-corrected chi connectivity index (χ3v) is 6.35.